The Hall–Kier alpha value is -0.0900. The summed E-state index contributed by atoms with van der Waals surface area (Å²) in [5, 5.41) is 8.67. The van der Waals surface area contributed by atoms with Gasteiger partial charge in [-0.15, -0.1) is 0 Å². The molecule has 12 heavy (non-hydrogen) atoms. The molecule has 1 fully saturated rings. The number of hydrogen-bond donors (Lipinski definition) is 1. The molecule has 0 aromatic heterocycles. The monoisotopic (exact) mass is 192 g/mol. The molecule has 0 radical (unpaired) electrons. The van der Waals surface area contributed by atoms with Crippen molar-refractivity contribution in [3.05, 3.63) is 0 Å². The van der Waals surface area contributed by atoms with Crippen LogP contribution in [0.2, 0.25) is 0 Å². The van der Waals surface area contributed by atoms with Gasteiger partial charge in [-0.2, -0.15) is 0 Å². The van der Waals surface area contributed by atoms with Crippen LogP contribution in [0.1, 0.15) is 25.7 Å². The highest BCUT2D eigenvalue weighted by molar-refractivity contribution is 7.91. The molecule has 0 heterocycles. The number of hydrogen-bond acceptors (Lipinski definition) is 3. The van der Waals surface area contributed by atoms with Crippen LogP contribution in [-0.4, -0.2) is 31.6 Å². The van der Waals surface area contributed by atoms with Gasteiger partial charge in [0.15, 0.2) is 0 Å². The molecule has 1 N–H and O–H groups in total. The molecule has 1 aliphatic carbocycles. The van der Waals surface area contributed by atoms with Crippen LogP contribution in [-0.2, 0) is 9.84 Å². The highest BCUT2D eigenvalue weighted by atomic mass is 32.2. The Kier molecular flexibility index (Phi) is 3.12. The Balaban J connectivity index is 2.58. The van der Waals surface area contributed by atoms with Crippen LogP contribution in [0, 0.1) is 5.92 Å². The Morgan fingerprint density at radius 3 is 2.58 bits per heavy atom. The number of sulfone groups is 1. The molecule has 0 aromatic carbocycles. The van der Waals surface area contributed by atoms with Crippen molar-refractivity contribution in [2.45, 2.75) is 30.9 Å². The lowest BCUT2D eigenvalue weighted by atomic mass is 9.90. The van der Waals surface area contributed by atoms with Crippen LogP contribution in [0.5, 0.6) is 0 Å². The van der Waals surface area contributed by atoms with Gasteiger partial charge in [0.2, 0.25) is 0 Å². The Morgan fingerprint density at radius 1 is 1.42 bits per heavy atom. The topological polar surface area (TPSA) is 54.4 Å². The maximum absolute atomic E-state index is 11.2. The summed E-state index contributed by atoms with van der Waals surface area (Å²) in [5.41, 5.74) is 0. The van der Waals surface area contributed by atoms with Gasteiger partial charge in [-0.25, -0.2) is 8.42 Å². The zero-order chi connectivity index (χ0) is 9.19. The summed E-state index contributed by atoms with van der Waals surface area (Å²) in [6, 6.07) is 0. The van der Waals surface area contributed by atoms with Gasteiger partial charge in [-0.1, -0.05) is 6.42 Å². The molecular formula is C8H16O3S. The minimum Gasteiger partial charge on any atom is -0.396 e. The lowest BCUT2D eigenvalue weighted by molar-refractivity contribution is 0.191. The minimum atomic E-state index is -2.88. The summed E-state index contributed by atoms with van der Waals surface area (Å²) in [6.45, 7) is 0.131. The van der Waals surface area contributed by atoms with Crippen molar-refractivity contribution >= 4 is 9.84 Å². The van der Waals surface area contributed by atoms with E-state index < -0.39 is 9.84 Å². The van der Waals surface area contributed by atoms with Crippen LogP contribution in [0.25, 0.3) is 0 Å². The summed E-state index contributed by atoms with van der Waals surface area (Å²) in [7, 11) is -2.88. The minimum absolute atomic E-state index is 0.131. The Morgan fingerprint density at radius 2 is 2.08 bits per heavy atom. The summed E-state index contributed by atoms with van der Waals surface area (Å²) in [4.78, 5) is 0. The zero-order valence-corrected chi connectivity index (χ0v) is 8.18. The summed E-state index contributed by atoms with van der Waals surface area (Å²) < 4.78 is 22.3. The highest BCUT2D eigenvalue weighted by Crippen LogP contribution is 2.27. The third-order valence-electron chi connectivity index (χ3n) is 2.60. The Bertz CT molecular complexity index is 233. The normalized spacial score (nSPS) is 31.8. The number of aliphatic hydroxyl groups is 1. The van der Waals surface area contributed by atoms with Gasteiger partial charge in [0.25, 0.3) is 0 Å². The van der Waals surface area contributed by atoms with E-state index in [0.717, 1.165) is 19.3 Å². The highest BCUT2D eigenvalue weighted by Gasteiger charge is 2.28. The van der Waals surface area contributed by atoms with E-state index in [-0.39, 0.29) is 17.8 Å². The first-order valence-electron chi connectivity index (χ1n) is 4.33. The molecule has 0 spiro atoms. The Labute approximate surface area is 73.7 Å². The van der Waals surface area contributed by atoms with Crippen LogP contribution in [0.15, 0.2) is 0 Å². The van der Waals surface area contributed by atoms with E-state index in [4.69, 9.17) is 5.11 Å². The van der Waals surface area contributed by atoms with E-state index in [0.29, 0.717) is 6.42 Å². The third kappa shape index (κ3) is 2.45. The van der Waals surface area contributed by atoms with Gasteiger partial charge in [0.1, 0.15) is 9.84 Å². The van der Waals surface area contributed by atoms with Crippen molar-refractivity contribution in [1.29, 1.82) is 0 Å². The number of aliphatic hydroxyl groups excluding tert-OH is 1. The average molecular weight is 192 g/mol. The molecule has 0 bridgehead atoms. The molecule has 0 aliphatic heterocycles. The van der Waals surface area contributed by atoms with E-state index in [1.165, 1.54) is 6.26 Å². The first-order valence-corrected chi connectivity index (χ1v) is 6.29. The number of rotatable bonds is 2. The maximum Gasteiger partial charge on any atom is 0.150 e. The van der Waals surface area contributed by atoms with E-state index in [9.17, 15) is 8.42 Å². The van der Waals surface area contributed by atoms with Gasteiger partial charge >= 0.3 is 0 Å². The second kappa shape index (κ2) is 3.75. The van der Waals surface area contributed by atoms with Crippen LogP contribution in [0.3, 0.4) is 0 Å². The summed E-state index contributed by atoms with van der Waals surface area (Å²) in [6.07, 6.45) is 4.62. The largest absolute Gasteiger partial charge is 0.396 e. The van der Waals surface area contributed by atoms with E-state index in [2.05, 4.69) is 0 Å². The molecule has 4 heteroatoms. The predicted molar refractivity (Wildman–Crippen MR) is 47.7 cm³/mol. The van der Waals surface area contributed by atoms with Crippen molar-refractivity contribution in [3.8, 4) is 0 Å². The van der Waals surface area contributed by atoms with Crippen molar-refractivity contribution in [2.24, 2.45) is 5.92 Å². The fourth-order valence-corrected chi connectivity index (χ4v) is 3.01. The van der Waals surface area contributed by atoms with Gasteiger partial charge in [-0.3, -0.25) is 0 Å². The fraction of sp³-hybridized carbons (Fsp3) is 1.00. The van der Waals surface area contributed by atoms with Gasteiger partial charge < -0.3 is 5.11 Å². The quantitative estimate of drug-likeness (QED) is 0.696. The predicted octanol–water partition coefficient (Wildman–Crippen LogP) is 0.582. The third-order valence-corrected chi connectivity index (χ3v) is 4.24. The molecule has 0 saturated heterocycles. The lowest BCUT2D eigenvalue weighted by Crippen LogP contribution is -2.28. The van der Waals surface area contributed by atoms with Crippen molar-refractivity contribution in [3.63, 3.8) is 0 Å². The van der Waals surface area contributed by atoms with Crippen molar-refractivity contribution in [1.82, 2.24) is 0 Å². The van der Waals surface area contributed by atoms with Crippen LogP contribution >= 0.6 is 0 Å². The molecule has 2 unspecified atom stereocenters. The van der Waals surface area contributed by atoms with Gasteiger partial charge in [-0.05, 0) is 25.2 Å². The van der Waals surface area contributed by atoms with Crippen molar-refractivity contribution in [2.75, 3.05) is 12.9 Å². The molecular weight excluding hydrogens is 176 g/mol. The molecule has 1 aliphatic rings. The molecule has 0 aromatic rings. The van der Waals surface area contributed by atoms with E-state index in [1.807, 2.05) is 0 Å². The second-order valence-electron chi connectivity index (χ2n) is 3.67. The zero-order valence-electron chi connectivity index (χ0n) is 7.36. The van der Waals surface area contributed by atoms with E-state index >= 15 is 0 Å². The molecule has 72 valence electrons. The fourth-order valence-electron chi connectivity index (χ4n) is 1.80. The van der Waals surface area contributed by atoms with Gasteiger partial charge in [0, 0.05) is 12.9 Å². The van der Waals surface area contributed by atoms with E-state index in [1.54, 1.807) is 0 Å². The first-order chi connectivity index (χ1) is 5.54. The first kappa shape index (κ1) is 9.99. The lowest BCUT2D eigenvalue weighted by Gasteiger charge is -2.26. The molecule has 1 rings (SSSR count). The van der Waals surface area contributed by atoms with Crippen LogP contribution in [0.4, 0.5) is 0 Å². The molecule has 0 amide bonds. The smallest absolute Gasteiger partial charge is 0.150 e. The maximum atomic E-state index is 11.2. The average Bonchev–Trinajstić information content (AvgIpc) is 2.03. The van der Waals surface area contributed by atoms with Gasteiger partial charge in [0.05, 0.1) is 5.25 Å². The second-order valence-corrected chi connectivity index (χ2v) is 5.99. The SMILES string of the molecule is CS(=O)(=O)C1CCCC(CO)C1. The molecule has 3 nitrogen and oxygen atoms in total. The van der Waals surface area contributed by atoms with Crippen molar-refractivity contribution < 1.29 is 13.5 Å². The standard InChI is InChI=1S/C8H16O3S/c1-12(10,11)8-4-2-3-7(5-8)6-9/h7-9H,2-6H2,1H3. The van der Waals surface area contributed by atoms with Crippen LogP contribution < -0.4 is 0 Å². The summed E-state index contributed by atoms with van der Waals surface area (Å²) >= 11 is 0. The molecule has 1 saturated carbocycles. The summed E-state index contributed by atoms with van der Waals surface area (Å²) in [5.74, 6) is 0.207. The molecule has 2 atom stereocenters.